The van der Waals surface area contributed by atoms with Crippen LogP contribution in [-0.4, -0.2) is 26.7 Å². The summed E-state index contributed by atoms with van der Waals surface area (Å²) in [6.07, 6.45) is 6.54. The van der Waals surface area contributed by atoms with Crippen molar-refractivity contribution in [2.24, 2.45) is 0 Å². The van der Waals surface area contributed by atoms with Crippen molar-refractivity contribution in [3.8, 4) is 5.75 Å². The summed E-state index contributed by atoms with van der Waals surface area (Å²) >= 11 is 0. The van der Waals surface area contributed by atoms with E-state index in [0.29, 0.717) is 17.8 Å². The zero-order valence-corrected chi connectivity index (χ0v) is 13.4. The third-order valence-corrected chi connectivity index (χ3v) is 4.44. The van der Waals surface area contributed by atoms with Gasteiger partial charge in [0.15, 0.2) is 0 Å². The van der Waals surface area contributed by atoms with E-state index < -0.39 is 0 Å². The Bertz CT molecular complexity index is 618. The summed E-state index contributed by atoms with van der Waals surface area (Å²) in [4.78, 5) is 4.56. The van der Waals surface area contributed by atoms with Crippen molar-refractivity contribution >= 4 is 0 Å². The molecule has 1 aromatic carbocycles. The molecule has 2 aromatic rings. The van der Waals surface area contributed by atoms with Gasteiger partial charge in [-0.15, -0.1) is 0 Å². The highest BCUT2D eigenvalue weighted by molar-refractivity contribution is 5.25. The van der Waals surface area contributed by atoms with Gasteiger partial charge >= 0.3 is 0 Å². The second kappa shape index (κ2) is 6.53. The summed E-state index contributed by atoms with van der Waals surface area (Å²) in [5.74, 6) is 1.57. The van der Waals surface area contributed by atoms with Gasteiger partial charge in [0.25, 0.3) is 0 Å². The Morgan fingerprint density at radius 1 is 1.36 bits per heavy atom. The molecule has 1 aromatic heterocycles. The summed E-state index contributed by atoms with van der Waals surface area (Å²) in [6, 6.07) is 8.56. The van der Waals surface area contributed by atoms with Crippen LogP contribution in [-0.2, 0) is 19.4 Å². The molecule has 3 rings (SSSR count). The molecular formula is C18H25N3O. The number of aryl methyl sites for hydroxylation is 3. The molecule has 0 spiro atoms. The Hall–Kier alpha value is -1.81. The van der Waals surface area contributed by atoms with Gasteiger partial charge in [0.2, 0.25) is 0 Å². The zero-order valence-electron chi connectivity index (χ0n) is 13.4. The number of aromatic hydroxyl groups is 1. The monoisotopic (exact) mass is 299 g/mol. The predicted octanol–water partition coefficient (Wildman–Crippen LogP) is 2.82. The van der Waals surface area contributed by atoms with E-state index in [9.17, 15) is 5.11 Å². The lowest BCUT2D eigenvalue weighted by Crippen LogP contribution is -2.42. The van der Waals surface area contributed by atoms with Gasteiger partial charge in [0.05, 0.1) is 5.69 Å². The number of hydrogen-bond donors (Lipinski definition) is 2. The molecule has 1 aliphatic heterocycles. The Kier molecular flexibility index (Phi) is 4.48. The van der Waals surface area contributed by atoms with Gasteiger partial charge < -0.3 is 15.0 Å². The largest absolute Gasteiger partial charge is 0.508 e. The fourth-order valence-electron chi connectivity index (χ4n) is 3.25. The maximum absolute atomic E-state index is 9.31. The summed E-state index contributed by atoms with van der Waals surface area (Å²) < 4.78 is 2.29. The molecule has 0 unspecified atom stereocenters. The van der Waals surface area contributed by atoms with Crippen LogP contribution in [0.4, 0.5) is 0 Å². The quantitative estimate of drug-likeness (QED) is 0.892. The number of nitrogens with zero attached hydrogens (tertiary/aromatic N) is 2. The maximum atomic E-state index is 9.31. The van der Waals surface area contributed by atoms with E-state index in [1.54, 1.807) is 12.1 Å². The second-order valence-electron chi connectivity index (χ2n) is 6.46. The highest BCUT2D eigenvalue weighted by Gasteiger charge is 2.20. The summed E-state index contributed by atoms with van der Waals surface area (Å²) in [6.45, 7) is 5.35. The highest BCUT2D eigenvalue weighted by atomic mass is 16.3. The van der Waals surface area contributed by atoms with Crippen molar-refractivity contribution in [2.45, 2.75) is 58.2 Å². The van der Waals surface area contributed by atoms with Crippen LogP contribution in [0.1, 0.15) is 36.8 Å². The van der Waals surface area contributed by atoms with Crippen LogP contribution < -0.4 is 5.32 Å². The molecule has 0 bridgehead atoms. The van der Waals surface area contributed by atoms with Crippen LogP contribution in [0.5, 0.6) is 5.75 Å². The first-order valence-corrected chi connectivity index (χ1v) is 8.17. The Labute approximate surface area is 132 Å². The minimum Gasteiger partial charge on any atom is -0.508 e. The van der Waals surface area contributed by atoms with E-state index in [-0.39, 0.29) is 0 Å². The van der Waals surface area contributed by atoms with Crippen molar-refractivity contribution < 1.29 is 5.11 Å². The molecule has 2 heterocycles. The fourth-order valence-corrected chi connectivity index (χ4v) is 3.25. The molecule has 0 radical (unpaired) electrons. The molecule has 2 atom stereocenters. The normalized spacial score (nSPS) is 18.9. The number of nitrogens with one attached hydrogen (secondary N) is 1. The van der Waals surface area contributed by atoms with Crippen LogP contribution in [0.3, 0.4) is 0 Å². The molecule has 1 aliphatic rings. The molecule has 4 nitrogen and oxygen atoms in total. The molecule has 0 saturated heterocycles. The van der Waals surface area contributed by atoms with Crippen molar-refractivity contribution in [1.82, 2.24) is 14.9 Å². The second-order valence-corrected chi connectivity index (χ2v) is 6.46. The molecular weight excluding hydrogens is 274 g/mol. The number of imidazole rings is 1. The van der Waals surface area contributed by atoms with Gasteiger partial charge in [0, 0.05) is 31.2 Å². The first-order chi connectivity index (χ1) is 10.6. The van der Waals surface area contributed by atoms with Gasteiger partial charge in [0.1, 0.15) is 11.6 Å². The van der Waals surface area contributed by atoms with E-state index in [1.165, 1.54) is 17.8 Å². The number of aromatic nitrogens is 2. The molecule has 22 heavy (non-hydrogen) atoms. The lowest BCUT2D eigenvalue weighted by atomic mass is 10.0. The maximum Gasteiger partial charge on any atom is 0.115 e. The van der Waals surface area contributed by atoms with Crippen molar-refractivity contribution in [3.05, 3.63) is 47.5 Å². The van der Waals surface area contributed by atoms with Crippen molar-refractivity contribution in [3.63, 3.8) is 0 Å². The van der Waals surface area contributed by atoms with E-state index in [4.69, 9.17) is 0 Å². The van der Waals surface area contributed by atoms with E-state index >= 15 is 0 Å². The average Bonchev–Trinajstić information content (AvgIpc) is 2.86. The number of phenols is 1. The summed E-state index contributed by atoms with van der Waals surface area (Å²) in [5, 5.41) is 13.1. The summed E-state index contributed by atoms with van der Waals surface area (Å²) in [7, 11) is 0. The van der Waals surface area contributed by atoms with Crippen LogP contribution in [0.15, 0.2) is 30.5 Å². The molecule has 0 aliphatic carbocycles. The van der Waals surface area contributed by atoms with Gasteiger partial charge in [-0.3, -0.25) is 0 Å². The molecule has 0 fully saturated rings. The van der Waals surface area contributed by atoms with Crippen molar-refractivity contribution in [1.29, 1.82) is 0 Å². The minimum absolute atomic E-state index is 0.337. The zero-order chi connectivity index (χ0) is 15.5. The Morgan fingerprint density at radius 3 is 2.91 bits per heavy atom. The SMILES string of the molecule is Cc1cn2c(n1)CC[C@@H](N[C@@H](C)CCc1ccc(O)cc1)C2. The average molecular weight is 299 g/mol. The van der Waals surface area contributed by atoms with Crippen LogP contribution in [0.25, 0.3) is 0 Å². The minimum atomic E-state index is 0.337. The van der Waals surface area contributed by atoms with Crippen LogP contribution in [0, 0.1) is 6.92 Å². The predicted molar refractivity (Wildman–Crippen MR) is 88.1 cm³/mol. The molecule has 0 amide bonds. The molecule has 0 saturated carbocycles. The fraction of sp³-hybridized carbons (Fsp3) is 0.500. The summed E-state index contributed by atoms with van der Waals surface area (Å²) in [5.41, 5.74) is 2.40. The van der Waals surface area contributed by atoms with E-state index in [1.807, 2.05) is 12.1 Å². The van der Waals surface area contributed by atoms with E-state index in [0.717, 1.165) is 31.5 Å². The van der Waals surface area contributed by atoms with Gasteiger partial charge in [-0.25, -0.2) is 4.98 Å². The third kappa shape index (κ3) is 3.69. The standard InChI is InChI=1S/C18H25N3O/c1-13(3-4-15-5-8-17(22)9-6-15)19-16-7-10-18-20-14(2)11-21(18)12-16/h5-6,8-9,11,13,16,19,22H,3-4,7,10,12H2,1-2H3/t13-,16+/m0/s1. The third-order valence-electron chi connectivity index (χ3n) is 4.44. The van der Waals surface area contributed by atoms with Gasteiger partial charge in [-0.2, -0.15) is 0 Å². The number of benzene rings is 1. The van der Waals surface area contributed by atoms with Crippen molar-refractivity contribution in [2.75, 3.05) is 0 Å². The van der Waals surface area contributed by atoms with Crippen LogP contribution in [0.2, 0.25) is 0 Å². The first-order valence-electron chi connectivity index (χ1n) is 8.17. The lowest BCUT2D eigenvalue weighted by molar-refractivity contribution is 0.341. The molecule has 2 N–H and O–H groups in total. The van der Waals surface area contributed by atoms with Gasteiger partial charge in [-0.05, 0) is 50.8 Å². The number of phenolic OH excluding ortho intramolecular Hbond substituents is 1. The lowest BCUT2D eigenvalue weighted by Gasteiger charge is -2.28. The Morgan fingerprint density at radius 2 is 2.14 bits per heavy atom. The molecule has 4 heteroatoms. The highest BCUT2D eigenvalue weighted by Crippen LogP contribution is 2.17. The smallest absolute Gasteiger partial charge is 0.115 e. The van der Waals surface area contributed by atoms with Gasteiger partial charge in [-0.1, -0.05) is 12.1 Å². The van der Waals surface area contributed by atoms with E-state index in [2.05, 4.69) is 34.9 Å². The first kappa shape index (κ1) is 15.1. The Balaban J connectivity index is 1.48. The molecule has 118 valence electrons. The number of hydrogen-bond acceptors (Lipinski definition) is 3. The number of rotatable bonds is 5. The van der Waals surface area contributed by atoms with Crippen LogP contribution >= 0.6 is 0 Å². The topological polar surface area (TPSA) is 50.1 Å². The number of fused-ring (bicyclic) bond motifs is 1.